The maximum Gasteiger partial charge on any atom is 0.319 e. The number of nitrogens with zero attached hydrogens (tertiary/aromatic N) is 5. The number of unbranched alkanes of at least 4 members (excludes halogenated alkanes) is 2. The average Bonchev–Trinajstić information content (AvgIpc) is 3.38. The lowest BCUT2D eigenvalue weighted by atomic mass is 9.70. The Morgan fingerprint density at radius 2 is 1.81 bits per heavy atom. The molecule has 1 saturated carbocycles. The van der Waals surface area contributed by atoms with Gasteiger partial charge in [-0.05, 0) is 88.4 Å². The monoisotopic (exact) mass is 785 g/mol. The van der Waals surface area contributed by atoms with Crippen LogP contribution in [0.5, 0.6) is 17.6 Å². The summed E-state index contributed by atoms with van der Waals surface area (Å²) >= 11 is 0. The zero-order valence-corrected chi connectivity index (χ0v) is 33.0. The smallest absolute Gasteiger partial charge is 0.319 e. The summed E-state index contributed by atoms with van der Waals surface area (Å²) in [5.41, 5.74) is -1.19. The van der Waals surface area contributed by atoms with Gasteiger partial charge in [0.2, 0.25) is 5.88 Å². The predicted molar refractivity (Wildman–Crippen MR) is 214 cm³/mol. The number of phenolic OH excluding ortho intramolecular Hbond substituents is 1. The van der Waals surface area contributed by atoms with Gasteiger partial charge < -0.3 is 34.1 Å². The molecule has 2 aromatic heterocycles. The van der Waals surface area contributed by atoms with Crippen molar-refractivity contribution in [3.8, 4) is 41.2 Å². The van der Waals surface area contributed by atoms with Crippen molar-refractivity contribution in [1.29, 1.82) is 0 Å². The summed E-state index contributed by atoms with van der Waals surface area (Å²) in [4.78, 5) is 18.5. The number of aliphatic hydroxyl groups is 1. The number of likely N-dealkylation sites (tertiary alicyclic amines) is 1. The first-order chi connectivity index (χ1) is 27.6. The number of benzene rings is 2. The minimum atomic E-state index is -1.23. The van der Waals surface area contributed by atoms with Gasteiger partial charge in [0, 0.05) is 35.0 Å². The van der Waals surface area contributed by atoms with Crippen LogP contribution >= 0.6 is 0 Å². The van der Waals surface area contributed by atoms with Gasteiger partial charge in [0.25, 0.3) is 0 Å². The standard InChI is InChI=1S/C44H53F2N5O6/c1-4-32-34(45)13-12-28-22-31(52)23-33(35(28)32)38-37(46)39-36(41(47-38)54-3)40(50-19-21-55-25-43(2,53)24-50)49-42(48-39)57-20-9-5-6-10-29-11-7-8-18-51(29)30-14-16-44(17-15-30)26-56-27-44/h1,12-13,22-23,29-30,52-53H,5-11,14-21,24-27H2,2-3H3/t29?,43-/m0/s1. The third-order valence-electron chi connectivity index (χ3n) is 12.5. The lowest BCUT2D eigenvalue weighted by Gasteiger charge is -2.50. The number of hydrogen-bond donors (Lipinski definition) is 2. The van der Waals surface area contributed by atoms with Gasteiger partial charge in [0.15, 0.2) is 5.82 Å². The number of β-amino-alcohol motifs (C(OH)–C–C–N with tert-alkyl or cyclic N) is 1. The molecular weight excluding hydrogens is 733 g/mol. The maximum absolute atomic E-state index is 17.1. The van der Waals surface area contributed by atoms with Crippen LogP contribution in [0.2, 0.25) is 0 Å². The molecule has 304 valence electrons. The van der Waals surface area contributed by atoms with E-state index in [1.807, 2.05) is 0 Å². The van der Waals surface area contributed by atoms with Crippen LogP contribution < -0.4 is 14.4 Å². The third-order valence-corrected chi connectivity index (χ3v) is 12.5. The number of piperidine rings is 1. The molecule has 0 amide bonds. The summed E-state index contributed by atoms with van der Waals surface area (Å²) in [6.45, 7) is 5.94. The highest BCUT2D eigenvalue weighted by molar-refractivity contribution is 6.04. The van der Waals surface area contributed by atoms with Gasteiger partial charge in [-0.3, -0.25) is 4.90 Å². The highest BCUT2D eigenvalue weighted by Crippen LogP contribution is 2.45. The van der Waals surface area contributed by atoms with E-state index < -0.39 is 17.2 Å². The topological polar surface area (TPSA) is 123 Å². The number of pyridine rings is 1. The molecule has 1 unspecified atom stereocenters. The van der Waals surface area contributed by atoms with E-state index >= 15 is 8.78 Å². The normalized spacial score (nSPS) is 23.0. The van der Waals surface area contributed by atoms with Crippen molar-refractivity contribution in [3.05, 3.63) is 41.5 Å². The summed E-state index contributed by atoms with van der Waals surface area (Å²) in [5, 5.41) is 22.6. The number of methoxy groups -OCH3 is 1. The van der Waals surface area contributed by atoms with E-state index in [0.29, 0.717) is 42.6 Å². The number of rotatable bonds is 11. The molecule has 1 aliphatic carbocycles. The molecule has 8 rings (SSSR count). The first-order valence-corrected chi connectivity index (χ1v) is 20.5. The van der Waals surface area contributed by atoms with Crippen molar-refractivity contribution in [2.24, 2.45) is 5.41 Å². The molecule has 4 aliphatic rings. The number of aromatic hydroxyl groups is 1. The quantitative estimate of drug-likeness (QED) is 0.119. The molecule has 11 nitrogen and oxygen atoms in total. The summed E-state index contributed by atoms with van der Waals surface area (Å²) in [6.07, 6.45) is 18.7. The van der Waals surface area contributed by atoms with Crippen molar-refractivity contribution in [3.63, 3.8) is 0 Å². The van der Waals surface area contributed by atoms with Crippen molar-refractivity contribution in [1.82, 2.24) is 19.9 Å². The Morgan fingerprint density at radius 1 is 0.982 bits per heavy atom. The van der Waals surface area contributed by atoms with Gasteiger partial charge in [-0.25, -0.2) is 13.8 Å². The molecule has 3 saturated heterocycles. The number of phenols is 1. The van der Waals surface area contributed by atoms with E-state index in [1.54, 1.807) is 11.8 Å². The van der Waals surface area contributed by atoms with E-state index in [4.69, 9.17) is 30.4 Å². The number of hydrogen-bond acceptors (Lipinski definition) is 11. The van der Waals surface area contributed by atoms with Crippen LogP contribution in [0.1, 0.15) is 83.1 Å². The van der Waals surface area contributed by atoms with Crippen LogP contribution in [0.3, 0.4) is 0 Å². The Kier molecular flexibility index (Phi) is 11.4. The summed E-state index contributed by atoms with van der Waals surface area (Å²) in [7, 11) is 1.40. The third kappa shape index (κ3) is 8.06. The first kappa shape index (κ1) is 39.5. The molecule has 3 aliphatic heterocycles. The average molecular weight is 786 g/mol. The SMILES string of the molecule is C#Cc1c(F)ccc2cc(O)cc(-c3nc(OC)c4c(N5CCOC[C@@](C)(O)C5)nc(OCCCCCC5CCCCN5C5CCC6(CC5)COC6)nc4c3F)c12. The van der Waals surface area contributed by atoms with E-state index in [2.05, 4.69) is 20.8 Å². The molecule has 1 spiro atoms. The second-order valence-electron chi connectivity index (χ2n) is 16.8. The number of aromatic nitrogens is 3. The molecule has 2 atom stereocenters. The van der Waals surface area contributed by atoms with E-state index in [1.165, 1.54) is 82.9 Å². The molecule has 13 heteroatoms. The fourth-order valence-electron chi connectivity index (χ4n) is 9.52. The van der Waals surface area contributed by atoms with E-state index in [0.717, 1.165) is 38.9 Å². The molecule has 4 fully saturated rings. The van der Waals surface area contributed by atoms with Crippen LogP contribution in [0.15, 0.2) is 24.3 Å². The van der Waals surface area contributed by atoms with Gasteiger partial charge in [-0.2, -0.15) is 9.97 Å². The Balaban J connectivity index is 1.05. The number of anilines is 1. The Bertz CT molecular complexity index is 2150. The zero-order valence-electron chi connectivity index (χ0n) is 33.0. The molecule has 2 aromatic carbocycles. The molecule has 4 aromatic rings. The fourth-order valence-corrected chi connectivity index (χ4v) is 9.52. The summed E-state index contributed by atoms with van der Waals surface area (Å²) in [5.74, 6) is 0.919. The second kappa shape index (κ2) is 16.5. The molecule has 0 radical (unpaired) electrons. The number of terminal acetylenes is 1. The lowest BCUT2D eigenvalue weighted by Crippen LogP contribution is -2.52. The number of fused-ring (bicyclic) bond motifs is 2. The van der Waals surface area contributed by atoms with Crippen LogP contribution in [0, 0.1) is 29.4 Å². The van der Waals surface area contributed by atoms with Crippen molar-refractivity contribution >= 4 is 27.5 Å². The number of halogens is 2. The van der Waals surface area contributed by atoms with Crippen LogP contribution in [-0.2, 0) is 9.47 Å². The van der Waals surface area contributed by atoms with Crippen molar-refractivity contribution in [2.45, 2.75) is 95.2 Å². The Hall–Kier alpha value is -4.35. The molecule has 0 bridgehead atoms. The highest BCUT2D eigenvalue weighted by atomic mass is 19.1. The molecule has 5 heterocycles. The molecular formula is C44H53F2N5O6. The van der Waals surface area contributed by atoms with E-state index in [-0.39, 0.29) is 69.7 Å². The Labute approximate surface area is 332 Å². The van der Waals surface area contributed by atoms with Crippen LogP contribution in [0.4, 0.5) is 14.6 Å². The summed E-state index contributed by atoms with van der Waals surface area (Å²) in [6, 6.07) is 6.66. The van der Waals surface area contributed by atoms with Gasteiger partial charge in [-0.1, -0.05) is 31.2 Å². The second-order valence-corrected chi connectivity index (χ2v) is 16.8. The molecule has 2 N–H and O–H groups in total. The minimum absolute atomic E-state index is 0.00976. The predicted octanol–water partition coefficient (Wildman–Crippen LogP) is 7.16. The maximum atomic E-state index is 17.1. The molecule has 57 heavy (non-hydrogen) atoms. The largest absolute Gasteiger partial charge is 0.508 e. The zero-order chi connectivity index (χ0) is 39.7. The number of ether oxygens (including phenoxy) is 4. The van der Waals surface area contributed by atoms with Gasteiger partial charge in [-0.15, -0.1) is 6.42 Å². The Morgan fingerprint density at radius 3 is 2.56 bits per heavy atom. The van der Waals surface area contributed by atoms with Gasteiger partial charge >= 0.3 is 6.01 Å². The van der Waals surface area contributed by atoms with Crippen LogP contribution in [-0.4, -0.2) is 108 Å². The van der Waals surface area contributed by atoms with Crippen molar-refractivity contribution in [2.75, 3.05) is 64.7 Å². The van der Waals surface area contributed by atoms with Gasteiger partial charge in [0.1, 0.15) is 39.6 Å². The van der Waals surface area contributed by atoms with E-state index in [9.17, 15) is 10.2 Å². The lowest BCUT2D eigenvalue weighted by molar-refractivity contribution is -0.140. The minimum Gasteiger partial charge on any atom is -0.508 e. The summed E-state index contributed by atoms with van der Waals surface area (Å²) < 4.78 is 55.3. The highest BCUT2D eigenvalue weighted by Gasteiger charge is 2.43. The fraction of sp³-hybridized carbons (Fsp3) is 0.568. The van der Waals surface area contributed by atoms with Crippen LogP contribution in [0.25, 0.3) is 32.9 Å². The van der Waals surface area contributed by atoms with Gasteiger partial charge in [0.05, 0.1) is 52.3 Å². The van der Waals surface area contributed by atoms with Crippen molar-refractivity contribution < 1.29 is 37.9 Å². The first-order valence-electron chi connectivity index (χ1n) is 20.5.